The highest BCUT2D eigenvalue weighted by atomic mass is 16.7. The molecule has 6 nitrogen and oxygen atoms in total. The SMILES string of the molecule is C=C(C)[C@@H]1CCC(C)=C[C@H]1c1c(OC(=O)OCCC)cc(CCCCC)cc1OC(=O)OCCC. The number of rotatable bonds is 12. The molecule has 0 amide bonds. The smallest absolute Gasteiger partial charge is 0.434 e. The van der Waals surface area contributed by atoms with Gasteiger partial charge in [-0.1, -0.05) is 57.4 Å². The van der Waals surface area contributed by atoms with Crippen LogP contribution in [0.4, 0.5) is 9.59 Å². The van der Waals surface area contributed by atoms with Gasteiger partial charge in [0, 0.05) is 11.5 Å². The van der Waals surface area contributed by atoms with E-state index >= 15 is 0 Å². The number of aryl methyl sites for hydroxylation is 1. The van der Waals surface area contributed by atoms with Gasteiger partial charge in [0.2, 0.25) is 0 Å². The molecule has 0 N–H and O–H groups in total. The summed E-state index contributed by atoms with van der Waals surface area (Å²) in [5.41, 5.74) is 3.85. The quantitative estimate of drug-likeness (QED) is 0.128. The second-order valence-electron chi connectivity index (χ2n) is 9.39. The first kappa shape index (κ1) is 28.5. The molecule has 1 aromatic rings. The lowest BCUT2D eigenvalue weighted by atomic mass is 9.73. The predicted molar refractivity (Wildman–Crippen MR) is 138 cm³/mol. The Morgan fingerprint density at radius 3 is 2.00 bits per heavy atom. The molecule has 0 bridgehead atoms. The van der Waals surface area contributed by atoms with Crippen LogP contribution >= 0.6 is 0 Å². The van der Waals surface area contributed by atoms with Crippen LogP contribution in [0, 0.1) is 5.92 Å². The molecule has 2 atom stereocenters. The summed E-state index contributed by atoms with van der Waals surface area (Å²) in [5.74, 6) is 0.683. The minimum absolute atomic E-state index is 0.118. The summed E-state index contributed by atoms with van der Waals surface area (Å²) in [6, 6.07) is 3.77. The van der Waals surface area contributed by atoms with E-state index in [0.29, 0.717) is 29.9 Å². The first-order valence-corrected chi connectivity index (χ1v) is 13.0. The highest BCUT2D eigenvalue weighted by Gasteiger charge is 2.33. The molecule has 0 unspecified atom stereocenters. The van der Waals surface area contributed by atoms with Crippen molar-refractivity contribution in [3.05, 3.63) is 47.1 Å². The summed E-state index contributed by atoms with van der Waals surface area (Å²) in [4.78, 5) is 25.0. The van der Waals surface area contributed by atoms with Crippen LogP contribution in [0.2, 0.25) is 0 Å². The van der Waals surface area contributed by atoms with Crippen LogP contribution in [-0.4, -0.2) is 25.5 Å². The topological polar surface area (TPSA) is 71.1 Å². The van der Waals surface area contributed by atoms with Crippen LogP contribution in [0.25, 0.3) is 0 Å². The van der Waals surface area contributed by atoms with Gasteiger partial charge in [0.15, 0.2) is 0 Å². The zero-order chi connectivity index (χ0) is 25.8. The molecule has 1 aromatic carbocycles. The third kappa shape index (κ3) is 8.75. The molecule has 6 heteroatoms. The molecule has 0 spiro atoms. The maximum atomic E-state index is 12.5. The summed E-state index contributed by atoms with van der Waals surface area (Å²) < 4.78 is 22.0. The van der Waals surface area contributed by atoms with Gasteiger partial charge < -0.3 is 18.9 Å². The Morgan fingerprint density at radius 1 is 0.943 bits per heavy atom. The minimum atomic E-state index is -0.762. The maximum Gasteiger partial charge on any atom is 0.513 e. The largest absolute Gasteiger partial charge is 0.513 e. The fraction of sp³-hybridized carbons (Fsp3) is 0.586. The van der Waals surface area contributed by atoms with Gasteiger partial charge in [0.25, 0.3) is 0 Å². The normalized spacial score (nSPS) is 17.3. The van der Waals surface area contributed by atoms with Gasteiger partial charge in [0.05, 0.1) is 13.2 Å². The van der Waals surface area contributed by atoms with Crippen molar-refractivity contribution in [1.29, 1.82) is 0 Å². The average Bonchev–Trinajstić information content (AvgIpc) is 2.81. The van der Waals surface area contributed by atoms with Crippen molar-refractivity contribution in [3.63, 3.8) is 0 Å². The minimum Gasteiger partial charge on any atom is -0.434 e. The van der Waals surface area contributed by atoms with Gasteiger partial charge in [0.1, 0.15) is 11.5 Å². The number of hydrogen-bond acceptors (Lipinski definition) is 6. The highest BCUT2D eigenvalue weighted by Crippen LogP contribution is 2.47. The van der Waals surface area contributed by atoms with Crippen LogP contribution in [0.3, 0.4) is 0 Å². The Hall–Kier alpha value is -2.76. The Kier molecular flexibility index (Phi) is 11.9. The van der Waals surface area contributed by atoms with Gasteiger partial charge in [-0.05, 0) is 76.0 Å². The molecule has 0 aliphatic heterocycles. The monoisotopic (exact) mass is 486 g/mol. The van der Waals surface area contributed by atoms with Crippen LogP contribution in [0.15, 0.2) is 35.9 Å². The average molecular weight is 487 g/mol. The van der Waals surface area contributed by atoms with Gasteiger partial charge in [-0.15, -0.1) is 0 Å². The van der Waals surface area contributed by atoms with E-state index in [-0.39, 0.29) is 25.0 Å². The Balaban J connectivity index is 2.62. The Morgan fingerprint density at radius 2 is 1.51 bits per heavy atom. The third-order valence-electron chi connectivity index (χ3n) is 6.18. The van der Waals surface area contributed by atoms with E-state index in [2.05, 4.69) is 26.5 Å². The number of unbranched alkanes of at least 4 members (excludes halogenated alkanes) is 2. The summed E-state index contributed by atoms with van der Waals surface area (Å²) in [7, 11) is 0. The zero-order valence-electron chi connectivity index (χ0n) is 22.1. The summed E-state index contributed by atoms with van der Waals surface area (Å²) in [6.45, 7) is 14.9. The van der Waals surface area contributed by atoms with Crippen molar-refractivity contribution < 1.29 is 28.5 Å². The number of carbonyl (C=O) groups excluding carboxylic acids is 2. The van der Waals surface area contributed by atoms with E-state index in [1.165, 1.54) is 5.57 Å². The van der Waals surface area contributed by atoms with E-state index < -0.39 is 12.3 Å². The lowest BCUT2D eigenvalue weighted by molar-refractivity contribution is 0.0967. The molecule has 194 valence electrons. The Labute approximate surface area is 210 Å². The highest BCUT2D eigenvalue weighted by molar-refractivity contribution is 5.69. The molecule has 0 radical (unpaired) electrons. The molecule has 0 aromatic heterocycles. The molecule has 0 fully saturated rings. The second-order valence-corrected chi connectivity index (χ2v) is 9.39. The number of carbonyl (C=O) groups is 2. The standard InChI is InChI=1S/C29H42O6/c1-7-10-11-12-22-18-25(34-28(30)32-15-8-2)27(26(19-22)35-29(31)33-16-9-3)24-17-21(6)13-14-23(24)20(4)5/h17-19,23-24H,4,7-16H2,1-3,5-6H3/t23-,24+/m0/s1. The van der Waals surface area contributed by atoms with E-state index in [1.807, 2.05) is 32.9 Å². The van der Waals surface area contributed by atoms with Crippen LogP contribution in [-0.2, 0) is 15.9 Å². The molecule has 0 heterocycles. The third-order valence-corrected chi connectivity index (χ3v) is 6.18. The van der Waals surface area contributed by atoms with Crippen molar-refractivity contribution in [2.75, 3.05) is 13.2 Å². The summed E-state index contributed by atoms with van der Waals surface area (Å²) in [5, 5.41) is 0. The van der Waals surface area contributed by atoms with E-state index in [1.54, 1.807) is 0 Å². The Bertz CT molecular complexity index is 857. The van der Waals surface area contributed by atoms with E-state index in [0.717, 1.165) is 49.7 Å². The molecule has 2 rings (SSSR count). The van der Waals surface area contributed by atoms with Crippen LogP contribution in [0.1, 0.15) is 96.6 Å². The zero-order valence-corrected chi connectivity index (χ0v) is 22.1. The van der Waals surface area contributed by atoms with Crippen molar-refractivity contribution in [2.24, 2.45) is 5.92 Å². The van der Waals surface area contributed by atoms with Gasteiger partial charge in [-0.3, -0.25) is 0 Å². The summed E-state index contributed by atoms with van der Waals surface area (Å²) in [6.07, 6.45) is 7.83. The van der Waals surface area contributed by atoms with Gasteiger partial charge in [-0.2, -0.15) is 0 Å². The molecule has 0 saturated carbocycles. The lowest BCUT2D eigenvalue weighted by Crippen LogP contribution is -2.21. The molecule has 1 aliphatic rings. The number of allylic oxidation sites excluding steroid dienone is 3. The fourth-order valence-electron chi connectivity index (χ4n) is 4.39. The second kappa shape index (κ2) is 14.6. The molecule has 1 aliphatic carbocycles. The van der Waals surface area contributed by atoms with Gasteiger partial charge in [-0.25, -0.2) is 9.59 Å². The van der Waals surface area contributed by atoms with E-state index in [9.17, 15) is 9.59 Å². The maximum absolute atomic E-state index is 12.5. The molecule has 35 heavy (non-hydrogen) atoms. The molecular formula is C29H42O6. The lowest BCUT2D eigenvalue weighted by Gasteiger charge is -2.32. The number of benzene rings is 1. The van der Waals surface area contributed by atoms with Crippen molar-refractivity contribution in [1.82, 2.24) is 0 Å². The van der Waals surface area contributed by atoms with Crippen molar-refractivity contribution in [2.45, 2.75) is 91.9 Å². The van der Waals surface area contributed by atoms with Crippen LogP contribution in [0.5, 0.6) is 11.5 Å². The fourth-order valence-corrected chi connectivity index (χ4v) is 4.39. The van der Waals surface area contributed by atoms with Crippen molar-refractivity contribution >= 4 is 12.3 Å². The first-order chi connectivity index (χ1) is 16.8. The van der Waals surface area contributed by atoms with E-state index in [4.69, 9.17) is 18.9 Å². The predicted octanol–water partition coefficient (Wildman–Crippen LogP) is 8.29. The molecular weight excluding hydrogens is 444 g/mol. The van der Waals surface area contributed by atoms with Gasteiger partial charge >= 0.3 is 12.3 Å². The number of hydrogen-bond donors (Lipinski definition) is 0. The number of ether oxygens (including phenoxy) is 4. The first-order valence-electron chi connectivity index (χ1n) is 13.0. The molecule has 0 saturated heterocycles. The van der Waals surface area contributed by atoms with Crippen LogP contribution < -0.4 is 9.47 Å². The van der Waals surface area contributed by atoms with Crippen molar-refractivity contribution in [3.8, 4) is 11.5 Å². The summed E-state index contributed by atoms with van der Waals surface area (Å²) >= 11 is 0.